The maximum Gasteiger partial charge on any atom is 0.573 e. The molecule has 0 amide bonds. The van der Waals surface area contributed by atoms with E-state index >= 15 is 0 Å². The lowest BCUT2D eigenvalue weighted by molar-refractivity contribution is -0.274. The predicted molar refractivity (Wildman–Crippen MR) is 97.3 cm³/mol. The molecule has 0 saturated heterocycles. The van der Waals surface area contributed by atoms with Crippen LogP contribution in [0.1, 0.15) is 26.7 Å². The molecule has 2 rings (SSSR count). The first-order valence-electron chi connectivity index (χ1n) is 8.16. The number of ketones is 1. The minimum Gasteiger partial charge on any atom is -0.512 e. The molecule has 1 N–H and O–H groups in total. The molecule has 1 unspecified atom stereocenters. The highest BCUT2D eigenvalue weighted by Crippen LogP contribution is 2.38. The Morgan fingerprint density at radius 3 is 2.30 bits per heavy atom. The summed E-state index contributed by atoms with van der Waals surface area (Å²) < 4.78 is 46.1. The van der Waals surface area contributed by atoms with Gasteiger partial charge in [0.2, 0.25) is 0 Å². The molecule has 0 aliphatic heterocycles. The third kappa shape index (κ3) is 6.71. The fourth-order valence-corrected chi connectivity index (χ4v) is 3.47. The smallest absolute Gasteiger partial charge is 0.512 e. The fourth-order valence-electron chi connectivity index (χ4n) is 2.53. The van der Waals surface area contributed by atoms with E-state index < -0.39 is 6.36 Å². The number of ether oxygens (including phenoxy) is 2. The lowest BCUT2D eigenvalue weighted by Gasteiger charge is -2.22. The van der Waals surface area contributed by atoms with Crippen LogP contribution in [-0.4, -0.2) is 17.3 Å². The summed E-state index contributed by atoms with van der Waals surface area (Å²) in [5.74, 6) is -0.199. The van der Waals surface area contributed by atoms with E-state index in [1.807, 2.05) is 13.0 Å². The Morgan fingerprint density at radius 1 is 1.15 bits per heavy atom. The molecular weight excluding hydrogens is 381 g/mol. The quantitative estimate of drug-likeness (QED) is 0.604. The number of benzene rings is 1. The Labute approximate surface area is 159 Å². The Balaban J connectivity index is 2.02. The normalized spacial score (nSPS) is 18.9. The van der Waals surface area contributed by atoms with Gasteiger partial charge in [0.25, 0.3) is 0 Å². The van der Waals surface area contributed by atoms with E-state index in [2.05, 4.69) is 4.74 Å². The minimum atomic E-state index is -4.75. The van der Waals surface area contributed by atoms with Gasteiger partial charge in [0, 0.05) is 24.8 Å². The number of aliphatic hydroxyl groups is 1. The summed E-state index contributed by atoms with van der Waals surface area (Å²) in [4.78, 5) is 12.5. The average molecular weight is 400 g/mol. The van der Waals surface area contributed by atoms with Gasteiger partial charge in [0.05, 0.1) is 5.76 Å². The van der Waals surface area contributed by atoms with Crippen LogP contribution in [0.4, 0.5) is 13.2 Å². The van der Waals surface area contributed by atoms with Crippen molar-refractivity contribution in [3.05, 3.63) is 58.2 Å². The molecule has 0 heterocycles. The van der Waals surface area contributed by atoms with Crippen molar-refractivity contribution in [2.24, 2.45) is 5.92 Å². The summed E-state index contributed by atoms with van der Waals surface area (Å²) in [6.07, 6.45) is 0.746. The molecule has 0 fully saturated rings. The number of hydrogen-bond acceptors (Lipinski definition) is 5. The number of aliphatic hydroxyl groups excluding tert-OH is 1. The molecule has 146 valence electrons. The minimum absolute atomic E-state index is 0.0550. The van der Waals surface area contributed by atoms with Gasteiger partial charge in [0.1, 0.15) is 11.5 Å². The molecule has 0 spiro atoms. The highest BCUT2D eigenvalue weighted by Gasteiger charge is 2.31. The van der Waals surface area contributed by atoms with E-state index in [9.17, 15) is 23.1 Å². The predicted octanol–water partition coefficient (Wildman–Crippen LogP) is 5.88. The number of rotatable bonds is 6. The molecule has 0 saturated carbocycles. The van der Waals surface area contributed by atoms with Crippen LogP contribution in [0, 0.1) is 5.92 Å². The Kier molecular flexibility index (Phi) is 7.01. The van der Waals surface area contributed by atoms with Gasteiger partial charge < -0.3 is 14.6 Å². The SMILES string of the molecule is C/C=C(/Oc1ccc(OC(F)(F)F)cc1)S/C(=C\C)C1CC(=O)C=C(O)C1. The van der Waals surface area contributed by atoms with E-state index in [0.29, 0.717) is 23.7 Å². The van der Waals surface area contributed by atoms with Crippen LogP contribution in [0.5, 0.6) is 11.5 Å². The van der Waals surface area contributed by atoms with Crippen molar-refractivity contribution in [1.29, 1.82) is 0 Å². The molecule has 0 aromatic heterocycles. The van der Waals surface area contributed by atoms with Crippen LogP contribution in [0.25, 0.3) is 0 Å². The number of halogens is 3. The van der Waals surface area contributed by atoms with E-state index in [4.69, 9.17) is 4.74 Å². The molecule has 27 heavy (non-hydrogen) atoms. The fraction of sp³-hybridized carbons (Fsp3) is 0.316. The van der Waals surface area contributed by atoms with E-state index in [1.54, 1.807) is 13.0 Å². The molecule has 1 atom stereocenters. The second-order valence-corrected chi connectivity index (χ2v) is 6.81. The van der Waals surface area contributed by atoms with E-state index in [1.165, 1.54) is 42.1 Å². The van der Waals surface area contributed by atoms with Gasteiger partial charge in [-0.1, -0.05) is 17.8 Å². The molecule has 0 bridgehead atoms. The zero-order chi connectivity index (χ0) is 20.0. The molecule has 1 aromatic carbocycles. The van der Waals surface area contributed by atoms with Crippen LogP contribution < -0.4 is 9.47 Å². The monoisotopic (exact) mass is 400 g/mol. The lowest BCUT2D eigenvalue weighted by atomic mass is 9.92. The number of carbonyl (C=O) groups excluding carboxylic acids is 1. The van der Waals surface area contributed by atoms with Crippen LogP contribution >= 0.6 is 11.8 Å². The van der Waals surface area contributed by atoms with Gasteiger partial charge in [-0.05, 0) is 49.1 Å². The number of hydrogen-bond donors (Lipinski definition) is 1. The maximum absolute atomic E-state index is 12.2. The zero-order valence-corrected chi connectivity index (χ0v) is 15.6. The molecular formula is C19H19F3O4S. The lowest BCUT2D eigenvalue weighted by Crippen LogP contribution is -2.17. The van der Waals surface area contributed by atoms with Crippen LogP contribution in [0.15, 0.2) is 58.2 Å². The van der Waals surface area contributed by atoms with Crippen molar-refractivity contribution in [3.8, 4) is 11.5 Å². The van der Waals surface area contributed by atoms with Crippen molar-refractivity contribution in [2.45, 2.75) is 33.1 Å². The first-order chi connectivity index (χ1) is 12.7. The average Bonchev–Trinajstić information content (AvgIpc) is 2.58. The zero-order valence-electron chi connectivity index (χ0n) is 14.7. The van der Waals surface area contributed by atoms with Gasteiger partial charge in [-0.25, -0.2) is 0 Å². The van der Waals surface area contributed by atoms with Gasteiger partial charge in [-0.15, -0.1) is 13.2 Å². The van der Waals surface area contributed by atoms with Gasteiger partial charge in [0.15, 0.2) is 10.9 Å². The summed E-state index contributed by atoms with van der Waals surface area (Å²) in [5, 5.41) is 10.2. The van der Waals surface area contributed by atoms with Crippen molar-refractivity contribution < 1.29 is 32.5 Å². The van der Waals surface area contributed by atoms with E-state index in [-0.39, 0.29) is 23.2 Å². The highest BCUT2D eigenvalue weighted by atomic mass is 32.2. The second-order valence-electron chi connectivity index (χ2n) is 5.73. The van der Waals surface area contributed by atoms with Crippen molar-refractivity contribution in [1.82, 2.24) is 0 Å². The Bertz CT molecular complexity index is 764. The molecule has 1 aliphatic carbocycles. The number of allylic oxidation sites excluding steroid dienone is 5. The summed E-state index contributed by atoms with van der Waals surface area (Å²) in [6, 6.07) is 5.08. The van der Waals surface area contributed by atoms with Crippen LogP contribution in [-0.2, 0) is 4.79 Å². The summed E-state index contributed by atoms with van der Waals surface area (Å²) in [6.45, 7) is 3.60. The summed E-state index contributed by atoms with van der Waals surface area (Å²) >= 11 is 1.31. The topological polar surface area (TPSA) is 55.8 Å². The molecule has 8 heteroatoms. The van der Waals surface area contributed by atoms with E-state index in [0.717, 1.165) is 4.91 Å². The first-order valence-corrected chi connectivity index (χ1v) is 8.98. The van der Waals surface area contributed by atoms with Crippen LogP contribution in [0.2, 0.25) is 0 Å². The summed E-state index contributed by atoms with van der Waals surface area (Å²) in [7, 11) is 0. The number of alkyl halides is 3. The van der Waals surface area contributed by atoms with Gasteiger partial charge in [-0.3, -0.25) is 4.79 Å². The van der Waals surface area contributed by atoms with Gasteiger partial charge in [-0.2, -0.15) is 0 Å². The van der Waals surface area contributed by atoms with Crippen molar-refractivity contribution in [3.63, 3.8) is 0 Å². The Morgan fingerprint density at radius 2 is 1.78 bits per heavy atom. The van der Waals surface area contributed by atoms with Crippen LogP contribution in [0.3, 0.4) is 0 Å². The number of carbonyl (C=O) groups is 1. The third-order valence-corrected chi connectivity index (χ3v) is 4.97. The maximum atomic E-state index is 12.2. The molecule has 1 aromatic rings. The number of thioether (sulfide) groups is 1. The summed E-state index contributed by atoms with van der Waals surface area (Å²) in [5.41, 5.74) is 0. The standard InChI is InChI=1S/C19H19F3O4S/c1-3-17(12-9-13(23)11-14(24)10-12)27-18(4-2)25-15-5-7-16(8-6-15)26-19(20,21)22/h3-8,11-12,23H,9-10H2,1-2H3/b17-3-,18-4-. The molecule has 0 radical (unpaired) electrons. The third-order valence-electron chi connectivity index (χ3n) is 3.65. The first kappa shape index (κ1) is 21.0. The molecule has 1 aliphatic rings. The van der Waals surface area contributed by atoms with Gasteiger partial charge >= 0.3 is 6.36 Å². The van der Waals surface area contributed by atoms with Crippen molar-refractivity contribution >= 4 is 17.5 Å². The van der Waals surface area contributed by atoms with Crippen molar-refractivity contribution in [2.75, 3.05) is 0 Å². The second kappa shape index (κ2) is 9.03. The largest absolute Gasteiger partial charge is 0.573 e. The Hall–Kier alpha value is -2.35. The molecule has 4 nitrogen and oxygen atoms in total. The highest BCUT2D eigenvalue weighted by molar-refractivity contribution is 8.06.